The van der Waals surface area contributed by atoms with Gasteiger partial charge in [-0.25, -0.2) is 4.39 Å². The fourth-order valence-electron chi connectivity index (χ4n) is 4.33. The van der Waals surface area contributed by atoms with E-state index in [2.05, 4.69) is 15.5 Å². The second kappa shape index (κ2) is 11.2. The van der Waals surface area contributed by atoms with Crippen molar-refractivity contribution in [2.75, 3.05) is 56.0 Å². The lowest BCUT2D eigenvalue weighted by atomic mass is 10.1. The molecule has 8 nitrogen and oxygen atoms in total. The molecule has 0 radical (unpaired) electrons. The molecule has 35 heavy (non-hydrogen) atoms. The normalized spacial score (nSPS) is 18.8. The molecule has 2 aromatic carbocycles. The molecule has 1 atom stereocenters. The molecule has 2 saturated heterocycles. The lowest BCUT2D eigenvalue weighted by molar-refractivity contribution is -0.145. The Kier molecular flexibility index (Phi) is 8.10. The SMILES string of the molecule is O=C(C[C@@H]1C(=O)NCCN1C(=O)CN1CCN(c2ccc(F)cc2)CC1)Nc1cc(Cl)cc(Cl)c1. The number of halogens is 3. The zero-order valence-electron chi connectivity index (χ0n) is 19.0. The maximum Gasteiger partial charge on any atom is 0.243 e. The van der Waals surface area contributed by atoms with Gasteiger partial charge in [0.15, 0.2) is 0 Å². The van der Waals surface area contributed by atoms with Gasteiger partial charge in [0.2, 0.25) is 17.7 Å². The summed E-state index contributed by atoms with van der Waals surface area (Å²) in [7, 11) is 0. The molecule has 0 saturated carbocycles. The fraction of sp³-hybridized carbons (Fsp3) is 0.375. The zero-order valence-corrected chi connectivity index (χ0v) is 20.5. The number of anilines is 2. The van der Waals surface area contributed by atoms with Gasteiger partial charge in [0, 0.05) is 60.7 Å². The van der Waals surface area contributed by atoms with Crippen molar-refractivity contribution in [1.29, 1.82) is 0 Å². The van der Waals surface area contributed by atoms with E-state index >= 15 is 0 Å². The molecule has 2 aliphatic rings. The largest absolute Gasteiger partial charge is 0.369 e. The number of carbonyl (C=O) groups excluding carboxylic acids is 3. The number of amides is 3. The van der Waals surface area contributed by atoms with Crippen molar-refractivity contribution in [2.45, 2.75) is 12.5 Å². The Labute approximate surface area is 212 Å². The van der Waals surface area contributed by atoms with Crippen LogP contribution in [0.5, 0.6) is 0 Å². The monoisotopic (exact) mass is 521 g/mol. The van der Waals surface area contributed by atoms with Crippen LogP contribution in [0.1, 0.15) is 6.42 Å². The number of carbonyl (C=O) groups is 3. The van der Waals surface area contributed by atoms with Crippen LogP contribution < -0.4 is 15.5 Å². The summed E-state index contributed by atoms with van der Waals surface area (Å²) in [6, 6.07) is 10.1. The summed E-state index contributed by atoms with van der Waals surface area (Å²) in [6.45, 7) is 3.55. The van der Waals surface area contributed by atoms with Gasteiger partial charge in [-0.2, -0.15) is 0 Å². The van der Waals surface area contributed by atoms with E-state index in [9.17, 15) is 18.8 Å². The summed E-state index contributed by atoms with van der Waals surface area (Å²) < 4.78 is 13.2. The third-order valence-electron chi connectivity index (χ3n) is 6.10. The highest BCUT2D eigenvalue weighted by Crippen LogP contribution is 2.23. The van der Waals surface area contributed by atoms with Gasteiger partial charge in [-0.05, 0) is 42.5 Å². The van der Waals surface area contributed by atoms with E-state index in [-0.39, 0.29) is 30.6 Å². The molecule has 2 N–H and O–H groups in total. The lowest BCUT2D eigenvalue weighted by Gasteiger charge is -2.39. The Balaban J connectivity index is 1.33. The smallest absolute Gasteiger partial charge is 0.243 e. The molecule has 11 heteroatoms. The standard InChI is InChI=1S/C24H26Cl2FN5O3/c25-16-11-17(26)13-19(12-16)29-22(33)14-21-24(35)28-5-6-32(21)23(34)15-30-7-9-31(10-8-30)20-3-1-18(27)2-4-20/h1-4,11-13,21H,5-10,14-15H2,(H,28,35)(H,29,33)/t21-/m1/s1. The van der Waals surface area contributed by atoms with E-state index in [0.717, 1.165) is 5.69 Å². The third kappa shape index (κ3) is 6.62. The van der Waals surface area contributed by atoms with E-state index in [1.807, 2.05) is 4.90 Å². The number of benzene rings is 2. The molecule has 2 heterocycles. The van der Waals surface area contributed by atoms with Gasteiger partial charge in [0.25, 0.3) is 0 Å². The van der Waals surface area contributed by atoms with Crippen LogP contribution in [0.15, 0.2) is 42.5 Å². The van der Waals surface area contributed by atoms with Crippen LogP contribution >= 0.6 is 23.2 Å². The Morgan fingerprint density at radius 3 is 2.31 bits per heavy atom. The molecule has 2 aliphatic heterocycles. The molecule has 0 aromatic heterocycles. The van der Waals surface area contributed by atoms with E-state index < -0.39 is 11.9 Å². The van der Waals surface area contributed by atoms with Crippen molar-refractivity contribution in [2.24, 2.45) is 0 Å². The minimum Gasteiger partial charge on any atom is -0.369 e. The van der Waals surface area contributed by atoms with Crippen LogP contribution in [-0.2, 0) is 14.4 Å². The molecule has 0 spiro atoms. The Hall–Kier alpha value is -2.88. The molecule has 0 unspecified atom stereocenters. The van der Waals surface area contributed by atoms with Gasteiger partial charge in [-0.1, -0.05) is 23.2 Å². The van der Waals surface area contributed by atoms with Gasteiger partial charge in [0.05, 0.1) is 13.0 Å². The van der Waals surface area contributed by atoms with Crippen molar-refractivity contribution in [3.63, 3.8) is 0 Å². The predicted octanol–water partition coefficient (Wildman–Crippen LogP) is 2.61. The molecular weight excluding hydrogens is 496 g/mol. The lowest BCUT2D eigenvalue weighted by Crippen LogP contribution is -2.60. The molecule has 4 rings (SSSR count). The first-order chi connectivity index (χ1) is 16.8. The number of nitrogens with zero attached hydrogens (tertiary/aromatic N) is 3. The van der Waals surface area contributed by atoms with Crippen LogP contribution in [-0.4, -0.2) is 79.4 Å². The number of piperazine rings is 2. The highest BCUT2D eigenvalue weighted by molar-refractivity contribution is 6.35. The van der Waals surface area contributed by atoms with E-state index in [0.29, 0.717) is 55.0 Å². The summed E-state index contributed by atoms with van der Waals surface area (Å²) in [5.74, 6) is -1.25. The van der Waals surface area contributed by atoms with Crippen molar-refractivity contribution in [1.82, 2.24) is 15.1 Å². The molecule has 2 aromatic rings. The number of nitrogens with one attached hydrogen (secondary N) is 2. The molecule has 0 aliphatic carbocycles. The second-order valence-corrected chi connectivity index (χ2v) is 9.42. The second-order valence-electron chi connectivity index (χ2n) is 8.54. The van der Waals surface area contributed by atoms with Gasteiger partial charge in [0.1, 0.15) is 11.9 Å². The molecule has 0 bridgehead atoms. The highest BCUT2D eigenvalue weighted by atomic mass is 35.5. The Morgan fingerprint density at radius 1 is 1.00 bits per heavy atom. The number of rotatable bonds is 6. The van der Waals surface area contributed by atoms with Crippen molar-refractivity contribution in [3.05, 3.63) is 58.3 Å². The summed E-state index contributed by atoms with van der Waals surface area (Å²) in [5, 5.41) is 6.17. The Morgan fingerprint density at radius 2 is 1.66 bits per heavy atom. The zero-order chi connectivity index (χ0) is 24.9. The first kappa shape index (κ1) is 25.2. The summed E-state index contributed by atoms with van der Waals surface area (Å²) in [5.41, 5.74) is 1.36. The van der Waals surface area contributed by atoms with Crippen LogP contribution in [0, 0.1) is 5.82 Å². The van der Waals surface area contributed by atoms with Gasteiger partial charge in [-0.15, -0.1) is 0 Å². The quantitative estimate of drug-likeness (QED) is 0.610. The van der Waals surface area contributed by atoms with Crippen LogP contribution in [0.4, 0.5) is 15.8 Å². The minimum atomic E-state index is -0.897. The summed E-state index contributed by atoms with van der Waals surface area (Å²) >= 11 is 12.0. The first-order valence-corrected chi connectivity index (χ1v) is 12.1. The number of hydrogen-bond acceptors (Lipinski definition) is 5. The molecule has 3 amide bonds. The number of hydrogen-bond donors (Lipinski definition) is 2. The average Bonchev–Trinajstić information content (AvgIpc) is 2.80. The summed E-state index contributed by atoms with van der Waals surface area (Å²) in [4.78, 5) is 44.0. The average molecular weight is 522 g/mol. The first-order valence-electron chi connectivity index (χ1n) is 11.3. The summed E-state index contributed by atoms with van der Waals surface area (Å²) in [6.07, 6.45) is -0.181. The fourth-order valence-corrected chi connectivity index (χ4v) is 4.85. The van der Waals surface area contributed by atoms with Gasteiger partial charge >= 0.3 is 0 Å². The minimum absolute atomic E-state index is 0.159. The van der Waals surface area contributed by atoms with Gasteiger partial charge < -0.3 is 20.4 Å². The van der Waals surface area contributed by atoms with E-state index in [1.54, 1.807) is 30.3 Å². The van der Waals surface area contributed by atoms with Crippen LogP contribution in [0.25, 0.3) is 0 Å². The van der Waals surface area contributed by atoms with Crippen LogP contribution in [0.3, 0.4) is 0 Å². The maximum absolute atomic E-state index is 13.2. The van der Waals surface area contributed by atoms with E-state index in [4.69, 9.17) is 23.2 Å². The Bertz CT molecular complexity index is 1070. The molecule has 2 fully saturated rings. The molecular formula is C24H26Cl2FN5O3. The van der Waals surface area contributed by atoms with Crippen molar-refractivity contribution >= 4 is 52.3 Å². The molecule has 186 valence electrons. The predicted molar refractivity (Wildman–Crippen MR) is 133 cm³/mol. The van der Waals surface area contributed by atoms with E-state index in [1.165, 1.54) is 17.0 Å². The maximum atomic E-state index is 13.2. The topological polar surface area (TPSA) is 85.0 Å². The van der Waals surface area contributed by atoms with Gasteiger partial charge in [-0.3, -0.25) is 19.3 Å². The van der Waals surface area contributed by atoms with Crippen molar-refractivity contribution in [3.8, 4) is 0 Å². The van der Waals surface area contributed by atoms with Crippen molar-refractivity contribution < 1.29 is 18.8 Å². The highest BCUT2D eigenvalue weighted by Gasteiger charge is 2.35. The van der Waals surface area contributed by atoms with Crippen LogP contribution in [0.2, 0.25) is 10.0 Å². The third-order valence-corrected chi connectivity index (χ3v) is 6.54.